The first-order valence-electron chi connectivity index (χ1n) is 10.8. The highest BCUT2D eigenvalue weighted by Crippen LogP contribution is 2.26. The molecule has 0 fully saturated rings. The zero-order valence-electron chi connectivity index (χ0n) is 19.1. The van der Waals surface area contributed by atoms with Crippen LogP contribution in [0.4, 0.5) is 0 Å². The maximum Gasteiger partial charge on any atom is 0.261 e. The Morgan fingerprint density at radius 3 is 2.29 bits per heavy atom. The SMILES string of the molecule is CC[C@H](C)NC(=O)[C@H](C)N(CCc1ccccc1)C(=O)COc1cc(C)c(Br)c(C)c1. The zero-order chi connectivity index (χ0) is 23.0. The third-order valence-electron chi connectivity index (χ3n) is 5.42. The number of amides is 2. The molecule has 1 N–H and O–H groups in total. The molecule has 0 spiro atoms. The molecule has 0 aliphatic carbocycles. The molecule has 2 aromatic rings. The van der Waals surface area contributed by atoms with E-state index in [4.69, 9.17) is 4.74 Å². The van der Waals surface area contributed by atoms with Gasteiger partial charge < -0.3 is 15.0 Å². The van der Waals surface area contributed by atoms with Crippen molar-refractivity contribution >= 4 is 27.7 Å². The number of benzene rings is 2. The summed E-state index contributed by atoms with van der Waals surface area (Å²) in [6.45, 7) is 10.1. The Balaban J connectivity index is 2.11. The molecule has 2 aromatic carbocycles. The number of carbonyl (C=O) groups excluding carboxylic acids is 2. The van der Waals surface area contributed by atoms with E-state index in [1.807, 2.05) is 70.2 Å². The second kappa shape index (κ2) is 11.9. The molecular weight excluding hydrogens is 456 g/mol. The molecule has 0 unspecified atom stereocenters. The first-order chi connectivity index (χ1) is 14.7. The highest BCUT2D eigenvalue weighted by molar-refractivity contribution is 9.10. The Morgan fingerprint density at radius 1 is 1.10 bits per heavy atom. The third-order valence-corrected chi connectivity index (χ3v) is 6.68. The van der Waals surface area contributed by atoms with Crippen LogP contribution < -0.4 is 10.1 Å². The van der Waals surface area contributed by atoms with Gasteiger partial charge in [-0.15, -0.1) is 0 Å². The van der Waals surface area contributed by atoms with Gasteiger partial charge in [0.2, 0.25) is 5.91 Å². The van der Waals surface area contributed by atoms with Crippen LogP contribution in [0.5, 0.6) is 5.75 Å². The van der Waals surface area contributed by atoms with E-state index in [-0.39, 0.29) is 24.5 Å². The first kappa shape index (κ1) is 24.9. The van der Waals surface area contributed by atoms with E-state index in [9.17, 15) is 9.59 Å². The highest BCUT2D eigenvalue weighted by atomic mass is 79.9. The van der Waals surface area contributed by atoms with Gasteiger partial charge in [0, 0.05) is 17.1 Å². The largest absolute Gasteiger partial charge is 0.484 e. The summed E-state index contributed by atoms with van der Waals surface area (Å²) in [5.41, 5.74) is 3.21. The summed E-state index contributed by atoms with van der Waals surface area (Å²) in [6.07, 6.45) is 1.51. The minimum Gasteiger partial charge on any atom is -0.484 e. The number of carbonyl (C=O) groups is 2. The standard InChI is InChI=1S/C25H33BrN2O3/c1-6-19(4)27-25(30)20(5)28(13-12-21-10-8-7-9-11-21)23(29)16-31-22-14-17(2)24(26)18(3)15-22/h7-11,14-15,19-20H,6,12-13,16H2,1-5H3,(H,27,30)/t19-,20-/m0/s1. The fourth-order valence-corrected chi connectivity index (χ4v) is 3.48. The van der Waals surface area contributed by atoms with Crippen molar-refractivity contribution in [2.45, 2.75) is 59.5 Å². The van der Waals surface area contributed by atoms with E-state index >= 15 is 0 Å². The fourth-order valence-electron chi connectivity index (χ4n) is 3.25. The lowest BCUT2D eigenvalue weighted by Crippen LogP contribution is -2.51. The first-order valence-corrected chi connectivity index (χ1v) is 11.6. The Hall–Kier alpha value is -2.34. The van der Waals surface area contributed by atoms with Gasteiger partial charge in [0.15, 0.2) is 6.61 Å². The van der Waals surface area contributed by atoms with Crippen LogP contribution in [0.2, 0.25) is 0 Å². The molecule has 168 valence electrons. The number of hydrogen-bond donors (Lipinski definition) is 1. The monoisotopic (exact) mass is 488 g/mol. The summed E-state index contributed by atoms with van der Waals surface area (Å²) in [7, 11) is 0. The van der Waals surface area contributed by atoms with Crippen molar-refractivity contribution in [2.75, 3.05) is 13.2 Å². The van der Waals surface area contributed by atoms with Crippen LogP contribution in [0.25, 0.3) is 0 Å². The molecule has 0 aromatic heterocycles. The number of aryl methyl sites for hydroxylation is 2. The highest BCUT2D eigenvalue weighted by Gasteiger charge is 2.26. The minimum atomic E-state index is -0.581. The fraction of sp³-hybridized carbons (Fsp3) is 0.440. The lowest BCUT2D eigenvalue weighted by atomic mass is 10.1. The lowest BCUT2D eigenvalue weighted by Gasteiger charge is -2.29. The quantitative estimate of drug-likeness (QED) is 0.521. The van der Waals surface area contributed by atoms with E-state index in [1.54, 1.807) is 11.8 Å². The molecule has 0 aliphatic heterocycles. The summed E-state index contributed by atoms with van der Waals surface area (Å²) in [5, 5.41) is 2.98. The Bertz CT molecular complexity index is 863. The summed E-state index contributed by atoms with van der Waals surface area (Å²) < 4.78 is 6.84. The number of halogens is 1. The lowest BCUT2D eigenvalue weighted by molar-refractivity contribution is -0.141. The van der Waals surface area contributed by atoms with Crippen molar-refractivity contribution in [1.29, 1.82) is 0 Å². The van der Waals surface area contributed by atoms with Gasteiger partial charge in [-0.25, -0.2) is 0 Å². The molecule has 0 heterocycles. The summed E-state index contributed by atoms with van der Waals surface area (Å²) in [6, 6.07) is 13.2. The smallest absolute Gasteiger partial charge is 0.261 e. The van der Waals surface area contributed by atoms with Gasteiger partial charge in [0.05, 0.1) is 0 Å². The average molecular weight is 489 g/mol. The number of nitrogens with zero attached hydrogens (tertiary/aromatic N) is 1. The molecule has 2 amide bonds. The van der Waals surface area contributed by atoms with Crippen LogP contribution in [0, 0.1) is 13.8 Å². The molecule has 0 radical (unpaired) electrons. The Labute approximate surface area is 194 Å². The molecule has 5 nitrogen and oxygen atoms in total. The number of ether oxygens (including phenoxy) is 1. The van der Waals surface area contributed by atoms with E-state index in [0.717, 1.165) is 27.6 Å². The maximum absolute atomic E-state index is 13.1. The molecular formula is C25H33BrN2O3. The van der Waals surface area contributed by atoms with Crippen LogP contribution in [0.3, 0.4) is 0 Å². The van der Waals surface area contributed by atoms with Gasteiger partial charge >= 0.3 is 0 Å². The molecule has 0 saturated carbocycles. The normalized spacial score (nSPS) is 12.7. The van der Waals surface area contributed by atoms with Gasteiger partial charge in [-0.3, -0.25) is 9.59 Å². The molecule has 6 heteroatoms. The summed E-state index contributed by atoms with van der Waals surface area (Å²) in [5.74, 6) is 0.290. The van der Waals surface area contributed by atoms with Crippen LogP contribution in [-0.2, 0) is 16.0 Å². The van der Waals surface area contributed by atoms with Crippen LogP contribution in [0.1, 0.15) is 43.9 Å². The predicted molar refractivity (Wildman–Crippen MR) is 128 cm³/mol. The Morgan fingerprint density at radius 2 is 1.71 bits per heavy atom. The second-order valence-electron chi connectivity index (χ2n) is 7.98. The van der Waals surface area contributed by atoms with E-state index in [1.165, 1.54) is 0 Å². The summed E-state index contributed by atoms with van der Waals surface area (Å²) >= 11 is 3.54. The number of rotatable bonds is 10. The van der Waals surface area contributed by atoms with Crippen molar-refractivity contribution in [2.24, 2.45) is 0 Å². The maximum atomic E-state index is 13.1. The van der Waals surface area contributed by atoms with Crippen LogP contribution in [-0.4, -0.2) is 41.9 Å². The molecule has 2 rings (SSSR count). The number of hydrogen-bond acceptors (Lipinski definition) is 3. The molecule has 0 saturated heterocycles. The van der Waals surface area contributed by atoms with E-state index in [2.05, 4.69) is 21.2 Å². The molecule has 0 bridgehead atoms. The van der Waals surface area contributed by atoms with Gasteiger partial charge in [0.1, 0.15) is 11.8 Å². The van der Waals surface area contributed by atoms with Crippen LogP contribution >= 0.6 is 15.9 Å². The predicted octanol–water partition coefficient (Wildman–Crippen LogP) is 4.82. The zero-order valence-corrected chi connectivity index (χ0v) is 20.7. The second-order valence-corrected chi connectivity index (χ2v) is 8.77. The van der Waals surface area contributed by atoms with Crippen molar-refractivity contribution in [3.8, 4) is 5.75 Å². The van der Waals surface area contributed by atoms with Crippen molar-refractivity contribution in [3.63, 3.8) is 0 Å². The van der Waals surface area contributed by atoms with E-state index < -0.39 is 6.04 Å². The molecule has 2 atom stereocenters. The molecule has 0 aliphatic rings. The summed E-state index contributed by atoms with van der Waals surface area (Å²) in [4.78, 5) is 27.4. The van der Waals surface area contributed by atoms with Crippen molar-refractivity contribution in [1.82, 2.24) is 10.2 Å². The van der Waals surface area contributed by atoms with Gasteiger partial charge in [-0.05, 0) is 69.4 Å². The third kappa shape index (κ3) is 7.39. The van der Waals surface area contributed by atoms with Crippen LogP contribution in [0.15, 0.2) is 46.9 Å². The Kier molecular flexibility index (Phi) is 9.56. The number of nitrogens with one attached hydrogen (secondary N) is 1. The van der Waals surface area contributed by atoms with Gasteiger partial charge in [-0.2, -0.15) is 0 Å². The molecule has 31 heavy (non-hydrogen) atoms. The minimum absolute atomic E-state index is 0.0611. The topological polar surface area (TPSA) is 58.6 Å². The van der Waals surface area contributed by atoms with E-state index in [0.29, 0.717) is 18.7 Å². The average Bonchev–Trinajstić information content (AvgIpc) is 2.76. The van der Waals surface area contributed by atoms with Crippen molar-refractivity contribution < 1.29 is 14.3 Å². The van der Waals surface area contributed by atoms with Gasteiger partial charge in [0.25, 0.3) is 5.91 Å². The van der Waals surface area contributed by atoms with Gasteiger partial charge in [-0.1, -0.05) is 53.2 Å². The van der Waals surface area contributed by atoms with Crippen molar-refractivity contribution in [3.05, 3.63) is 63.6 Å².